The molecule has 3 aromatic rings. The summed E-state index contributed by atoms with van der Waals surface area (Å²) in [5.41, 5.74) is 0.434. The SMILES string of the molecule is O=C(CSc1ncnc2nc(N3CCCCC3)sc12)Nc1cc(F)ccc1F. The van der Waals surface area contributed by atoms with Gasteiger partial charge in [-0.05, 0) is 31.4 Å². The summed E-state index contributed by atoms with van der Waals surface area (Å²) in [6, 6.07) is 2.93. The number of rotatable bonds is 5. The summed E-state index contributed by atoms with van der Waals surface area (Å²) in [5, 5.41) is 3.96. The highest BCUT2D eigenvalue weighted by atomic mass is 32.2. The third-order valence-corrected chi connectivity index (χ3v) is 6.55. The standard InChI is InChI=1S/C18H17F2N5OS2/c19-11-4-5-12(20)13(8-11)23-14(26)9-27-17-15-16(21-10-22-17)24-18(28-15)25-6-2-1-3-7-25/h4-5,8,10H,1-3,6-7,9H2,(H,23,26). The van der Waals surface area contributed by atoms with Gasteiger partial charge in [-0.2, -0.15) is 4.98 Å². The molecule has 146 valence electrons. The van der Waals surface area contributed by atoms with Gasteiger partial charge < -0.3 is 10.2 Å². The minimum absolute atomic E-state index is 0.0129. The van der Waals surface area contributed by atoms with Gasteiger partial charge in [0.25, 0.3) is 0 Å². The monoisotopic (exact) mass is 421 g/mol. The van der Waals surface area contributed by atoms with E-state index >= 15 is 0 Å². The van der Waals surface area contributed by atoms with E-state index in [9.17, 15) is 13.6 Å². The zero-order valence-corrected chi connectivity index (χ0v) is 16.5. The first-order valence-corrected chi connectivity index (χ1v) is 10.6. The predicted octanol–water partition coefficient (Wildman–Crippen LogP) is 4.09. The number of halogens is 2. The maximum absolute atomic E-state index is 13.7. The molecule has 1 aliphatic rings. The first kappa shape index (κ1) is 19.0. The summed E-state index contributed by atoms with van der Waals surface area (Å²) in [7, 11) is 0. The van der Waals surface area contributed by atoms with E-state index in [-0.39, 0.29) is 11.4 Å². The number of benzene rings is 1. The summed E-state index contributed by atoms with van der Waals surface area (Å²) in [5.74, 6) is -1.73. The second-order valence-electron chi connectivity index (χ2n) is 6.34. The molecule has 10 heteroatoms. The maximum atomic E-state index is 13.7. The molecule has 4 rings (SSSR count). The summed E-state index contributed by atoms with van der Waals surface area (Å²) in [4.78, 5) is 27.5. The van der Waals surface area contributed by atoms with E-state index in [2.05, 4.69) is 25.2 Å². The number of piperidine rings is 1. The van der Waals surface area contributed by atoms with Crippen LogP contribution in [0.2, 0.25) is 0 Å². The molecule has 0 spiro atoms. The van der Waals surface area contributed by atoms with Gasteiger partial charge >= 0.3 is 0 Å². The third kappa shape index (κ3) is 4.22. The van der Waals surface area contributed by atoms with Crippen molar-refractivity contribution < 1.29 is 13.6 Å². The number of aromatic nitrogens is 3. The maximum Gasteiger partial charge on any atom is 0.234 e. The number of fused-ring (bicyclic) bond motifs is 1. The molecule has 1 aliphatic heterocycles. The van der Waals surface area contributed by atoms with Crippen molar-refractivity contribution in [2.24, 2.45) is 0 Å². The number of amides is 1. The molecule has 1 saturated heterocycles. The topological polar surface area (TPSA) is 71.0 Å². The van der Waals surface area contributed by atoms with Crippen LogP contribution in [0.1, 0.15) is 19.3 Å². The number of carbonyl (C=O) groups is 1. The van der Waals surface area contributed by atoms with E-state index < -0.39 is 17.5 Å². The van der Waals surface area contributed by atoms with Gasteiger partial charge in [0.05, 0.1) is 11.4 Å². The van der Waals surface area contributed by atoms with Crippen molar-refractivity contribution >= 4 is 50.2 Å². The number of carbonyl (C=O) groups excluding carboxylic acids is 1. The van der Waals surface area contributed by atoms with Crippen LogP contribution in [-0.2, 0) is 4.79 Å². The van der Waals surface area contributed by atoms with Gasteiger partial charge in [-0.15, -0.1) is 0 Å². The number of nitrogens with one attached hydrogen (secondary N) is 1. The molecule has 0 saturated carbocycles. The summed E-state index contributed by atoms with van der Waals surface area (Å²) < 4.78 is 27.7. The molecule has 6 nitrogen and oxygen atoms in total. The number of nitrogens with zero attached hydrogens (tertiary/aromatic N) is 4. The van der Waals surface area contributed by atoms with E-state index in [1.807, 2.05) is 0 Å². The Balaban J connectivity index is 1.46. The second-order valence-corrected chi connectivity index (χ2v) is 8.28. The van der Waals surface area contributed by atoms with Crippen molar-refractivity contribution in [3.05, 3.63) is 36.2 Å². The normalized spacial score (nSPS) is 14.4. The molecule has 0 bridgehead atoms. The van der Waals surface area contributed by atoms with E-state index in [0.29, 0.717) is 10.7 Å². The van der Waals surface area contributed by atoms with Crippen LogP contribution in [0.15, 0.2) is 29.6 Å². The molecule has 2 aromatic heterocycles. The molecule has 1 fully saturated rings. The van der Waals surface area contributed by atoms with Crippen molar-refractivity contribution in [1.29, 1.82) is 0 Å². The Bertz CT molecular complexity index is 1010. The molecular formula is C18H17F2N5OS2. The molecule has 0 aliphatic carbocycles. The highest BCUT2D eigenvalue weighted by Crippen LogP contribution is 2.34. The molecule has 1 aromatic carbocycles. The van der Waals surface area contributed by atoms with Crippen molar-refractivity contribution in [3.63, 3.8) is 0 Å². The number of hydrogen-bond donors (Lipinski definition) is 1. The lowest BCUT2D eigenvalue weighted by molar-refractivity contribution is -0.113. The largest absolute Gasteiger partial charge is 0.348 e. The molecular weight excluding hydrogens is 404 g/mol. The van der Waals surface area contributed by atoms with Crippen molar-refractivity contribution in [2.75, 3.05) is 29.1 Å². The lowest BCUT2D eigenvalue weighted by Crippen LogP contribution is -2.29. The van der Waals surface area contributed by atoms with Crippen LogP contribution in [0.3, 0.4) is 0 Å². The van der Waals surface area contributed by atoms with Gasteiger partial charge in [-0.1, -0.05) is 23.1 Å². The predicted molar refractivity (Wildman–Crippen MR) is 107 cm³/mol. The molecule has 1 amide bonds. The fourth-order valence-corrected chi connectivity index (χ4v) is 4.90. The fraction of sp³-hybridized carbons (Fsp3) is 0.333. The van der Waals surface area contributed by atoms with Crippen LogP contribution in [0, 0.1) is 11.6 Å². The quantitative estimate of drug-likeness (QED) is 0.494. The summed E-state index contributed by atoms with van der Waals surface area (Å²) in [6.45, 7) is 1.97. The van der Waals surface area contributed by atoms with E-state index in [0.717, 1.165) is 54.0 Å². The third-order valence-electron chi connectivity index (χ3n) is 4.32. The number of anilines is 2. The van der Waals surface area contributed by atoms with E-state index in [1.165, 1.54) is 35.8 Å². The molecule has 0 radical (unpaired) electrons. The Labute approximate surface area is 168 Å². The van der Waals surface area contributed by atoms with Gasteiger partial charge in [0.2, 0.25) is 5.91 Å². The first-order chi connectivity index (χ1) is 13.6. The lowest BCUT2D eigenvalue weighted by Gasteiger charge is -2.25. The Hall–Kier alpha value is -2.33. The smallest absolute Gasteiger partial charge is 0.234 e. The van der Waals surface area contributed by atoms with Gasteiger partial charge in [0, 0.05) is 19.2 Å². The minimum atomic E-state index is -0.683. The van der Waals surface area contributed by atoms with Crippen LogP contribution in [0.25, 0.3) is 10.3 Å². The van der Waals surface area contributed by atoms with E-state index in [4.69, 9.17) is 0 Å². The van der Waals surface area contributed by atoms with Crippen molar-refractivity contribution in [3.8, 4) is 0 Å². The lowest BCUT2D eigenvalue weighted by atomic mass is 10.1. The zero-order valence-electron chi connectivity index (χ0n) is 14.8. The van der Waals surface area contributed by atoms with Crippen LogP contribution >= 0.6 is 23.1 Å². The Morgan fingerprint density at radius 2 is 2.04 bits per heavy atom. The zero-order chi connectivity index (χ0) is 19.5. The fourth-order valence-electron chi connectivity index (χ4n) is 2.96. The summed E-state index contributed by atoms with van der Waals surface area (Å²) in [6.07, 6.45) is 4.97. The van der Waals surface area contributed by atoms with Gasteiger partial charge in [0.1, 0.15) is 27.7 Å². The molecule has 0 unspecified atom stereocenters. The van der Waals surface area contributed by atoms with Gasteiger partial charge in [0.15, 0.2) is 10.8 Å². The average molecular weight is 421 g/mol. The Morgan fingerprint density at radius 1 is 1.21 bits per heavy atom. The average Bonchev–Trinajstić information content (AvgIpc) is 3.15. The van der Waals surface area contributed by atoms with Gasteiger partial charge in [-0.25, -0.2) is 18.7 Å². The van der Waals surface area contributed by atoms with Crippen LogP contribution in [-0.4, -0.2) is 39.7 Å². The minimum Gasteiger partial charge on any atom is -0.348 e. The Kier molecular flexibility index (Phi) is 5.67. The van der Waals surface area contributed by atoms with E-state index in [1.54, 1.807) is 0 Å². The first-order valence-electron chi connectivity index (χ1n) is 8.84. The highest BCUT2D eigenvalue weighted by molar-refractivity contribution is 8.00. The second kappa shape index (κ2) is 8.36. The highest BCUT2D eigenvalue weighted by Gasteiger charge is 2.18. The molecule has 28 heavy (non-hydrogen) atoms. The number of hydrogen-bond acceptors (Lipinski definition) is 7. The number of thiazole rings is 1. The van der Waals surface area contributed by atoms with Crippen molar-refractivity contribution in [1.82, 2.24) is 15.0 Å². The van der Waals surface area contributed by atoms with Crippen molar-refractivity contribution in [2.45, 2.75) is 24.3 Å². The molecule has 3 heterocycles. The van der Waals surface area contributed by atoms with Crippen LogP contribution in [0.4, 0.5) is 19.6 Å². The molecule has 0 atom stereocenters. The van der Waals surface area contributed by atoms with Crippen LogP contribution in [0.5, 0.6) is 0 Å². The summed E-state index contributed by atoms with van der Waals surface area (Å²) >= 11 is 2.74. The molecule has 1 N–H and O–H groups in total. The number of thioether (sulfide) groups is 1. The van der Waals surface area contributed by atoms with Gasteiger partial charge in [-0.3, -0.25) is 4.79 Å². The van der Waals surface area contributed by atoms with Crippen LogP contribution < -0.4 is 10.2 Å². The Morgan fingerprint density at radius 3 is 2.86 bits per heavy atom.